The Morgan fingerprint density at radius 2 is 2.25 bits per heavy atom. The van der Waals surface area contributed by atoms with E-state index >= 15 is 0 Å². The van der Waals surface area contributed by atoms with Crippen LogP contribution >= 0.6 is 11.9 Å². The predicted octanol–water partition coefficient (Wildman–Crippen LogP) is 1.50. The molecule has 0 saturated heterocycles. The third-order valence-electron chi connectivity index (χ3n) is 1.78. The van der Waals surface area contributed by atoms with Crippen molar-refractivity contribution in [3.05, 3.63) is 41.9 Å². The zero-order chi connectivity index (χ0) is 11.2. The molecule has 0 fully saturated rings. The Labute approximate surface area is 97.5 Å². The number of hydrogen-bond donors (Lipinski definition) is 2. The monoisotopic (exact) mass is 237 g/mol. The zero-order valence-electron chi connectivity index (χ0n) is 8.42. The molecule has 0 radical (unpaired) electrons. The average Bonchev–Trinajstić information content (AvgIpc) is 2.81. The van der Waals surface area contributed by atoms with E-state index in [-0.39, 0.29) is 12.5 Å². The van der Waals surface area contributed by atoms with Crippen molar-refractivity contribution in [2.75, 3.05) is 11.9 Å². The SMILES string of the molecule is O=C(CON1NC=CS1)Nc1ccccc1. The molecule has 0 spiro atoms. The van der Waals surface area contributed by atoms with Crippen molar-refractivity contribution in [1.29, 1.82) is 0 Å². The van der Waals surface area contributed by atoms with Gasteiger partial charge in [-0.05, 0) is 16.7 Å². The van der Waals surface area contributed by atoms with Gasteiger partial charge in [0, 0.05) is 29.2 Å². The summed E-state index contributed by atoms with van der Waals surface area (Å²) in [5, 5.41) is 4.53. The highest BCUT2D eigenvalue weighted by molar-refractivity contribution is 7.99. The molecule has 84 valence electrons. The Balaban J connectivity index is 1.72. The molecular weight excluding hydrogens is 226 g/mol. The van der Waals surface area contributed by atoms with E-state index in [1.54, 1.807) is 6.20 Å². The summed E-state index contributed by atoms with van der Waals surface area (Å²) >= 11 is 1.33. The first-order valence-electron chi connectivity index (χ1n) is 4.70. The van der Waals surface area contributed by atoms with Crippen LogP contribution in [-0.4, -0.2) is 17.1 Å². The second kappa shape index (κ2) is 5.55. The predicted molar refractivity (Wildman–Crippen MR) is 62.7 cm³/mol. The molecular formula is C10H11N3O2S. The fraction of sp³-hybridized carbons (Fsp3) is 0.100. The lowest BCUT2D eigenvalue weighted by Gasteiger charge is -2.13. The lowest BCUT2D eigenvalue weighted by Crippen LogP contribution is -2.29. The van der Waals surface area contributed by atoms with Crippen LogP contribution in [0.3, 0.4) is 0 Å². The van der Waals surface area contributed by atoms with Crippen molar-refractivity contribution in [2.45, 2.75) is 0 Å². The summed E-state index contributed by atoms with van der Waals surface area (Å²) in [6.45, 7) is -0.0312. The van der Waals surface area contributed by atoms with Gasteiger partial charge in [0.05, 0.1) is 0 Å². The largest absolute Gasteiger partial charge is 0.324 e. The topological polar surface area (TPSA) is 53.6 Å². The highest BCUT2D eigenvalue weighted by Crippen LogP contribution is 2.13. The molecule has 16 heavy (non-hydrogen) atoms. The van der Waals surface area contributed by atoms with Crippen LogP contribution in [0.5, 0.6) is 0 Å². The van der Waals surface area contributed by atoms with Crippen LogP contribution in [0.4, 0.5) is 5.69 Å². The maximum absolute atomic E-state index is 11.4. The second-order valence-electron chi connectivity index (χ2n) is 2.98. The lowest BCUT2D eigenvalue weighted by molar-refractivity contribution is -0.138. The molecule has 6 heteroatoms. The molecule has 0 aliphatic carbocycles. The van der Waals surface area contributed by atoms with Crippen molar-refractivity contribution in [3.8, 4) is 0 Å². The van der Waals surface area contributed by atoms with E-state index in [1.807, 2.05) is 35.7 Å². The Morgan fingerprint density at radius 1 is 1.44 bits per heavy atom. The molecule has 2 rings (SSSR count). The summed E-state index contributed by atoms with van der Waals surface area (Å²) in [5.74, 6) is -0.194. The number of para-hydroxylation sites is 1. The highest BCUT2D eigenvalue weighted by atomic mass is 32.2. The molecule has 1 amide bonds. The van der Waals surface area contributed by atoms with Gasteiger partial charge in [-0.15, -0.1) is 0 Å². The van der Waals surface area contributed by atoms with Gasteiger partial charge in [-0.25, -0.2) is 0 Å². The molecule has 1 aromatic carbocycles. The minimum absolute atomic E-state index is 0.0312. The van der Waals surface area contributed by atoms with E-state index < -0.39 is 0 Å². The Hall–Kier alpha value is -1.50. The minimum atomic E-state index is -0.194. The maximum atomic E-state index is 11.4. The van der Waals surface area contributed by atoms with E-state index in [0.717, 1.165) is 5.69 Å². The summed E-state index contributed by atoms with van der Waals surface area (Å²) in [6, 6.07) is 9.25. The third kappa shape index (κ3) is 3.27. The van der Waals surface area contributed by atoms with Crippen LogP contribution < -0.4 is 10.7 Å². The molecule has 0 aromatic heterocycles. The van der Waals surface area contributed by atoms with Gasteiger partial charge in [-0.1, -0.05) is 18.2 Å². The number of rotatable bonds is 4. The number of hydrogen-bond acceptors (Lipinski definition) is 5. The number of nitrogens with one attached hydrogen (secondary N) is 2. The number of benzene rings is 1. The average molecular weight is 237 g/mol. The number of carbonyl (C=O) groups excluding carboxylic acids is 1. The van der Waals surface area contributed by atoms with Crippen molar-refractivity contribution in [3.63, 3.8) is 0 Å². The lowest BCUT2D eigenvalue weighted by atomic mass is 10.3. The molecule has 1 aromatic rings. The van der Waals surface area contributed by atoms with Gasteiger partial charge in [0.25, 0.3) is 5.91 Å². The van der Waals surface area contributed by atoms with Crippen molar-refractivity contribution < 1.29 is 9.63 Å². The molecule has 1 aliphatic heterocycles. The highest BCUT2D eigenvalue weighted by Gasteiger charge is 2.10. The molecule has 0 saturated carbocycles. The van der Waals surface area contributed by atoms with Crippen molar-refractivity contribution in [1.82, 2.24) is 10.0 Å². The molecule has 0 bridgehead atoms. The molecule has 1 aliphatic rings. The maximum Gasteiger partial charge on any atom is 0.252 e. The summed E-state index contributed by atoms with van der Waals surface area (Å²) in [7, 11) is 0. The first-order valence-corrected chi connectivity index (χ1v) is 5.54. The van der Waals surface area contributed by atoms with Gasteiger partial charge in [-0.2, -0.15) is 0 Å². The van der Waals surface area contributed by atoms with Crippen molar-refractivity contribution >= 4 is 23.5 Å². The third-order valence-corrected chi connectivity index (χ3v) is 2.44. The summed E-state index contributed by atoms with van der Waals surface area (Å²) in [6.07, 6.45) is 1.72. The summed E-state index contributed by atoms with van der Waals surface area (Å²) in [4.78, 5) is 16.6. The molecule has 2 N–H and O–H groups in total. The smallest absolute Gasteiger partial charge is 0.252 e. The molecule has 0 unspecified atom stereocenters. The number of anilines is 1. The summed E-state index contributed by atoms with van der Waals surface area (Å²) < 4.78 is 1.41. The quantitative estimate of drug-likeness (QED) is 0.777. The van der Waals surface area contributed by atoms with Gasteiger partial charge >= 0.3 is 0 Å². The summed E-state index contributed by atoms with van der Waals surface area (Å²) in [5.41, 5.74) is 3.55. The van der Waals surface area contributed by atoms with E-state index in [4.69, 9.17) is 4.84 Å². The first-order chi connectivity index (χ1) is 7.84. The van der Waals surface area contributed by atoms with Crippen LogP contribution in [0.25, 0.3) is 0 Å². The number of hydrazine groups is 1. The Bertz CT molecular complexity index is 375. The Kier molecular flexibility index (Phi) is 3.81. The standard InChI is InChI=1S/C10H11N3O2S/c14-10(8-15-13-11-6-7-16-13)12-9-4-2-1-3-5-9/h1-7,11H,8H2,(H,12,14). The number of amides is 1. The van der Waals surface area contributed by atoms with E-state index in [1.165, 1.54) is 16.5 Å². The minimum Gasteiger partial charge on any atom is -0.324 e. The first kappa shape index (κ1) is 11.0. The Morgan fingerprint density at radius 3 is 2.94 bits per heavy atom. The van der Waals surface area contributed by atoms with Gasteiger partial charge in [0.2, 0.25) is 0 Å². The second-order valence-corrected chi connectivity index (χ2v) is 3.80. The fourth-order valence-corrected chi connectivity index (χ4v) is 1.58. The number of nitrogens with zero attached hydrogens (tertiary/aromatic N) is 1. The van der Waals surface area contributed by atoms with Crippen LogP contribution in [0.1, 0.15) is 0 Å². The van der Waals surface area contributed by atoms with Crippen LogP contribution in [-0.2, 0) is 9.63 Å². The molecule has 1 heterocycles. The van der Waals surface area contributed by atoms with Crippen LogP contribution in [0.2, 0.25) is 0 Å². The van der Waals surface area contributed by atoms with Crippen molar-refractivity contribution in [2.24, 2.45) is 0 Å². The molecule has 0 atom stereocenters. The van der Waals surface area contributed by atoms with E-state index in [0.29, 0.717) is 0 Å². The van der Waals surface area contributed by atoms with Gasteiger partial charge < -0.3 is 5.32 Å². The van der Waals surface area contributed by atoms with Gasteiger partial charge in [0.1, 0.15) is 0 Å². The van der Waals surface area contributed by atoms with Crippen LogP contribution in [0, 0.1) is 0 Å². The van der Waals surface area contributed by atoms with Gasteiger partial charge in [0.15, 0.2) is 6.61 Å². The normalized spacial score (nSPS) is 14.8. The zero-order valence-corrected chi connectivity index (χ0v) is 9.24. The fourth-order valence-electron chi connectivity index (χ4n) is 1.11. The van der Waals surface area contributed by atoms with Gasteiger partial charge in [-0.3, -0.25) is 15.1 Å². The molecule has 5 nitrogen and oxygen atoms in total. The van der Waals surface area contributed by atoms with E-state index in [9.17, 15) is 4.79 Å². The van der Waals surface area contributed by atoms with Crippen LogP contribution in [0.15, 0.2) is 41.9 Å². The number of carbonyl (C=O) groups is 1. The van der Waals surface area contributed by atoms with E-state index in [2.05, 4.69) is 10.7 Å².